The second-order valence-corrected chi connectivity index (χ2v) is 10.1. The number of thioether (sulfide) groups is 1. The molecule has 0 amide bonds. The van der Waals surface area contributed by atoms with Gasteiger partial charge in [-0.1, -0.05) is 12.2 Å². The number of nitrogens with zero attached hydrogens (tertiary/aromatic N) is 1. The Labute approximate surface area is 141 Å². The molecule has 2 heterocycles. The summed E-state index contributed by atoms with van der Waals surface area (Å²) in [4.78, 5) is 0.472. The molecule has 9 heteroatoms. The largest absolute Gasteiger partial charge is 0.392 e. The highest BCUT2D eigenvalue weighted by Gasteiger charge is 2.40. The molecule has 0 bridgehead atoms. The van der Waals surface area contributed by atoms with Crippen molar-refractivity contribution in [1.82, 2.24) is 4.31 Å². The van der Waals surface area contributed by atoms with Crippen molar-refractivity contribution in [2.75, 3.05) is 19.3 Å². The van der Waals surface area contributed by atoms with Crippen LogP contribution in [0.2, 0.25) is 0 Å². The van der Waals surface area contributed by atoms with E-state index in [1.54, 1.807) is 23.2 Å². The monoisotopic (exact) mass is 414 g/mol. The van der Waals surface area contributed by atoms with Gasteiger partial charge in [0.05, 0.1) is 9.74 Å². The Hall–Kier alpha value is 0.330. The quantitative estimate of drug-likeness (QED) is 0.767. The van der Waals surface area contributed by atoms with Crippen molar-refractivity contribution < 1.29 is 8.42 Å². The fourth-order valence-electron chi connectivity index (χ4n) is 2.22. The molecule has 1 aliphatic heterocycles. The minimum atomic E-state index is -3.42. The third-order valence-electron chi connectivity index (χ3n) is 3.53. The molecule has 1 saturated heterocycles. The van der Waals surface area contributed by atoms with E-state index in [0.29, 0.717) is 39.6 Å². The van der Waals surface area contributed by atoms with Gasteiger partial charge in [-0.15, -0.1) is 11.3 Å². The number of thiophene rings is 1. The predicted octanol–water partition coefficient (Wildman–Crippen LogP) is 2.68. The molecule has 2 N–H and O–H groups in total. The van der Waals surface area contributed by atoms with E-state index in [1.165, 1.54) is 15.6 Å². The van der Waals surface area contributed by atoms with Gasteiger partial charge in [0.2, 0.25) is 0 Å². The van der Waals surface area contributed by atoms with Crippen molar-refractivity contribution in [3.8, 4) is 0 Å². The lowest BCUT2D eigenvalue weighted by atomic mass is 9.97. The fraction of sp³-hybridized carbons (Fsp3) is 0.545. The lowest BCUT2D eigenvalue weighted by Gasteiger charge is -2.39. The zero-order valence-corrected chi connectivity index (χ0v) is 15.7. The van der Waals surface area contributed by atoms with Gasteiger partial charge in [-0.3, -0.25) is 0 Å². The van der Waals surface area contributed by atoms with E-state index in [2.05, 4.69) is 15.9 Å². The molecule has 0 radical (unpaired) electrons. The molecule has 0 atom stereocenters. The summed E-state index contributed by atoms with van der Waals surface area (Å²) in [7, 11) is -3.42. The van der Waals surface area contributed by atoms with Crippen LogP contribution in [0.25, 0.3) is 0 Å². The van der Waals surface area contributed by atoms with Crippen LogP contribution in [0.1, 0.15) is 12.8 Å². The van der Waals surface area contributed by atoms with Gasteiger partial charge in [0.15, 0.2) is 0 Å². The maximum absolute atomic E-state index is 12.6. The number of rotatable bonds is 4. The average molecular weight is 415 g/mol. The molecule has 1 aromatic heterocycles. The van der Waals surface area contributed by atoms with E-state index in [1.807, 2.05) is 6.26 Å². The number of nitrogens with two attached hydrogens (primary N) is 1. The third-order valence-corrected chi connectivity index (χ3v) is 10.0. The van der Waals surface area contributed by atoms with Gasteiger partial charge in [0.1, 0.15) is 4.21 Å². The first-order valence-electron chi connectivity index (χ1n) is 5.92. The lowest BCUT2D eigenvalue weighted by molar-refractivity contribution is 0.333. The van der Waals surface area contributed by atoms with Crippen molar-refractivity contribution in [3.63, 3.8) is 0 Å². The second-order valence-electron chi connectivity index (χ2n) is 4.52. The Morgan fingerprint density at radius 1 is 1.55 bits per heavy atom. The van der Waals surface area contributed by atoms with Gasteiger partial charge >= 0.3 is 0 Å². The summed E-state index contributed by atoms with van der Waals surface area (Å²) in [5.41, 5.74) is 5.82. The van der Waals surface area contributed by atoms with Crippen molar-refractivity contribution in [2.45, 2.75) is 21.8 Å². The molecule has 0 aliphatic carbocycles. The number of halogens is 1. The lowest BCUT2D eigenvalue weighted by Crippen LogP contribution is -2.50. The minimum absolute atomic E-state index is 0.270. The SMILES string of the molecule is CSC1(C(N)=S)CCN(S(=O)(=O)c2sccc2Br)CC1. The summed E-state index contributed by atoms with van der Waals surface area (Å²) in [6.45, 7) is 0.899. The van der Waals surface area contributed by atoms with Crippen LogP contribution in [-0.2, 0) is 10.0 Å². The van der Waals surface area contributed by atoms with Crippen LogP contribution in [0.3, 0.4) is 0 Å². The molecule has 0 saturated carbocycles. The molecule has 1 aromatic rings. The second kappa shape index (κ2) is 6.21. The number of piperidine rings is 1. The van der Waals surface area contributed by atoms with E-state index >= 15 is 0 Å². The average Bonchev–Trinajstić information content (AvgIpc) is 2.85. The number of hydrogen-bond donors (Lipinski definition) is 1. The molecule has 1 fully saturated rings. The van der Waals surface area contributed by atoms with Crippen LogP contribution < -0.4 is 5.73 Å². The van der Waals surface area contributed by atoms with Gasteiger partial charge in [0, 0.05) is 17.6 Å². The zero-order chi connectivity index (χ0) is 15.0. The maximum Gasteiger partial charge on any atom is 0.253 e. The summed E-state index contributed by atoms with van der Waals surface area (Å²) in [6, 6.07) is 1.75. The van der Waals surface area contributed by atoms with Crippen LogP contribution in [0.5, 0.6) is 0 Å². The van der Waals surface area contributed by atoms with Gasteiger partial charge in [-0.05, 0) is 46.5 Å². The number of sulfonamides is 1. The van der Waals surface area contributed by atoms with E-state index in [0.717, 1.165) is 0 Å². The summed E-state index contributed by atoms with van der Waals surface area (Å²) in [5, 5.41) is 1.77. The van der Waals surface area contributed by atoms with E-state index < -0.39 is 10.0 Å². The zero-order valence-electron chi connectivity index (χ0n) is 10.8. The molecule has 20 heavy (non-hydrogen) atoms. The number of thiocarbonyl (C=S) groups is 1. The van der Waals surface area contributed by atoms with Crippen molar-refractivity contribution in [2.24, 2.45) is 5.73 Å². The van der Waals surface area contributed by atoms with E-state index in [9.17, 15) is 8.42 Å². The molecule has 0 unspecified atom stereocenters. The highest BCUT2D eigenvalue weighted by Crippen LogP contribution is 2.38. The van der Waals surface area contributed by atoms with Gasteiger partial charge in [-0.2, -0.15) is 16.1 Å². The highest BCUT2D eigenvalue weighted by molar-refractivity contribution is 9.10. The molecule has 4 nitrogen and oxygen atoms in total. The molecule has 2 rings (SSSR count). The Kier molecular flexibility index (Phi) is 5.19. The minimum Gasteiger partial charge on any atom is -0.392 e. The van der Waals surface area contributed by atoms with E-state index in [-0.39, 0.29) is 4.75 Å². The van der Waals surface area contributed by atoms with Crippen molar-refractivity contribution in [3.05, 3.63) is 15.9 Å². The van der Waals surface area contributed by atoms with Crippen LogP contribution in [0.4, 0.5) is 0 Å². The molecular weight excluding hydrogens is 400 g/mol. The van der Waals surface area contributed by atoms with E-state index in [4.69, 9.17) is 18.0 Å². The van der Waals surface area contributed by atoms with Crippen LogP contribution in [-0.4, -0.2) is 41.8 Å². The summed E-state index contributed by atoms with van der Waals surface area (Å²) >= 11 is 11.3. The van der Waals surface area contributed by atoms with Crippen LogP contribution >= 0.6 is 51.2 Å². The fourth-order valence-corrected chi connectivity index (χ4v) is 7.36. The normalized spacial score (nSPS) is 19.9. The summed E-state index contributed by atoms with van der Waals surface area (Å²) in [5.74, 6) is 0. The Morgan fingerprint density at radius 2 is 2.15 bits per heavy atom. The molecular formula is C11H15BrN2O2S4. The third kappa shape index (κ3) is 2.93. The summed E-state index contributed by atoms with van der Waals surface area (Å²) < 4.78 is 27.4. The first kappa shape index (κ1) is 16.7. The van der Waals surface area contributed by atoms with Gasteiger partial charge < -0.3 is 5.73 Å². The summed E-state index contributed by atoms with van der Waals surface area (Å²) in [6.07, 6.45) is 3.29. The highest BCUT2D eigenvalue weighted by atomic mass is 79.9. The first-order chi connectivity index (χ1) is 9.33. The smallest absolute Gasteiger partial charge is 0.253 e. The Balaban J connectivity index is 2.19. The maximum atomic E-state index is 12.6. The van der Waals surface area contributed by atoms with Crippen molar-refractivity contribution in [1.29, 1.82) is 0 Å². The number of hydrogen-bond acceptors (Lipinski definition) is 5. The first-order valence-corrected chi connectivity index (χ1v) is 10.7. The van der Waals surface area contributed by atoms with Gasteiger partial charge in [0.25, 0.3) is 10.0 Å². The molecule has 0 spiro atoms. The molecule has 1 aliphatic rings. The predicted molar refractivity (Wildman–Crippen MR) is 93.0 cm³/mol. The van der Waals surface area contributed by atoms with Gasteiger partial charge in [-0.25, -0.2) is 8.42 Å². The molecule has 0 aromatic carbocycles. The topological polar surface area (TPSA) is 63.4 Å². The van der Waals surface area contributed by atoms with Crippen LogP contribution in [0.15, 0.2) is 20.1 Å². The van der Waals surface area contributed by atoms with Crippen molar-refractivity contribution >= 4 is 66.3 Å². The Bertz CT molecular complexity index is 606. The molecule has 112 valence electrons. The standard InChI is InChI=1S/C11H15BrN2O2S4/c1-18-11(10(13)17)3-5-14(6-4-11)20(15,16)9-8(12)2-7-19-9/h2,7H,3-6H2,1H3,(H2,13,17). The van der Waals surface area contributed by atoms with Crippen LogP contribution in [0, 0.1) is 0 Å². The Morgan fingerprint density at radius 3 is 2.55 bits per heavy atom.